The largest absolute Gasteiger partial charge is 0.367 e. The molecule has 142 valence electrons. The number of carbonyl (C=O) groups is 2. The first kappa shape index (κ1) is 19.0. The number of hydrogen-bond acceptors (Lipinski definition) is 3. The highest BCUT2D eigenvalue weighted by Gasteiger charge is 2.22. The Balaban J connectivity index is 1.38. The molecule has 27 heavy (non-hydrogen) atoms. The van der Waals surface area contributed by atoms with Crippen LogP contribution in [0.4, 0.5) is 16.2 Å². The van der Waals surface area contributed by atoms with Crippen molar-refractivity contribution < 1.29 is 9.59 Å². The number of nitrogens with zero attached hydrogens (tertiary/aromatic N) is 2. The molecule has 1 heterocycles. The fourth-order valence-electron chi connectivity index (χ4n) is 3.04. The molecule has 1 saturated heterocycles. The third-order valence-corrected chi connectivity index (χ3v) is 4.80. The molecule has 7 heteroatoms. The predicted molar refractivity (Wildman–Crippen MR) is 108 cm³/mol. The second-order valence-corrected chi connectivity index (χ2v) is 6.72. The van der Waals surface area contributed by atoms with Crippen LogP contribution >= 0.6 is 11.6 Å². The summed E-state index contributed by atoms with van der Waals surface area (Å²) in [4.78, 5) is 28.2. The Hall–Kier alpha value is -2.73. The van der Waals surface area contributed by atoms with E-state index in [0.29, 0.717) is 19.6 Å². The average Bonchev–Trinajstić information content (AvgIpc) is 2.69. The Morgan fingerprint density at radius 2 is 1.59 bits per heavy atom. The highest BCUT2D eigenvalue weighted by atomic mass is 35.5. The maximum atomic E-state index is 12.4. The molecule has 0 aromatic heterocycles. The summed E-state index contributed by atoms with van der Waals surface area (Å²) >= 11 is 6.24. The van der Waals surface area contributed by atoms with Gasteiger partial charge in [0.05, 0.1) is 10.7 Å². The summed E-state index contributed by atoms with van der Waals surface area (Å²) in [7, 11) is 0. The molecule has 6 nitrogen and oxygen atoms in total. The Morgan fingerprint density at radius 3 is 2.30 bits per heavy atom. The van der Waals surface area contributed by atoms with E-state index in [9.17, 15) is 9.59 Å². The first-order chi connectivity index (χ1) is 13.1. The molecule has 0 bridgehead atoms. The van der Waals surface area contributed by atoms with Crippen molar-refractivity contribution in [1.82, 2.24) is 10.2 Å². The van der Waals surface area contributed by atoms with Gasteiger partial charge in [-0.05, 0) is 24.3 Å². The number of carbonyl (C=O) groups excluding carboxylic acids is 2. The van der Waals surface area contributed by atoms with Gasteiger partial charge in [0.15, 0.2) is 0 Å². The van der Waals surface area contributed by atoms with E-state index in [4.69, 9.17) is 11.6 Å². The van der Waals surface area contributed by atoms with E-state index in [1.165, 1.54) is 0 Å². The van der Waals surface area contributed by atoms with Crippen LogP contribution in [0.2, 0.25) is 5.02 Å². The average molecular weight is 387 g/mol. The van der Waals surface area contributed by atoms with Crippen LogP contribution in [0.5, 0.6) is 0 Å². The summed E-state index contributed by atoms with van der Waals surface area (Å²) < 4.78 is 0. The van der Waals surface area contributed by atoms with E-state index < -0.39 is 0 Å². The topological polar surface area (TPSA) is 64.7 Å². The number of piperazine rings is 1. The molecular formula is C20H23ClN4O2. The fraction of sp³-hybridized carbons (Fsp3) is 0.300. The minimum atomic E-state index is -0.308. The summed E-state index contributed by atoms with van der Waals surface area (Å²) in [5.74, 6) is 0.0498. The van der Waals surface area contributed by atoms with Crippen LogP contribution < -0.4 is 15.5 Å². The molecule has 0 aliphatic carbocycles. The van der Waals surface area contributed by atoms with Crippen LogP contribution in [-0.2, 0) is 4.79 Å². The number of halogens is 1. The molecular weight excluding hydrogens is 364 g/mol. The zero-order chi connectivity index (χ0) is 19.1. The summed E-state index contributed by atoms with van der Waals surface area (Å²) in [6.45, 7) is 3.11. The number of benzene rings is 2. The van der Waals surface area contributed by atoms with Crippen LogP contribution in [-0.4, -0.2) is 49.6 Å². The van der Waals surface area contributed by atoms with E-state index >= 15 is 0 Å². The maximum absolute atomic E-state index is 12.4. The molecule has 0 saturated carbocycles. The van der Waals surface area contributed by atoms with E-state index in [1.54, 1.807) is 0 Å². The van der Waals surface area contributed by atoms with Crippen molar-refractivity contribution in [2.24, 2.45) is 0 Å². The number of rotatable bonds is 5. The lowest BCUT2D eigenvalue weighted by atomic mass is 10.2. The van der Waals surface area contributed by atoms with E-state index in [-0.39, 0.29) is 18.4 Å². The molecule has 1 aliphatic heterocycles. The van der Waals surface area contributed by atoms with E-state index in [0.717, 1.165) is 29.5 Å². The van der Waals surface area contributed by atoms with Crippen LogP contribution in [0, 0.1) is 0 Å². The molecule has 0 radical (unpaired) electrons. The number of nitrogens with one attached hydrogen (secondary N) is 2. The van der Waals surface area contributed by atoms with Crippen molar-refractivity contribution in [2.45, 2.75) is 6.42 Å². The highest BCUT2D eigenvalue weighted by Crippen LogP contribution is 2.26. The van der Waals surface area contributed by atoms with Gasteiger partial charge in [-0.2, -0.15) is 0 Å². The molecule has 1 fully saturated rings. The summed E-state index contributed by atoms with van der Waals surface area (Å²) in [6.07, 6.45) is 0.286. The van der Waals surface area contributed by atoms with Gasteiger partial charge >= 0.3 is 6.03 Å². The second kappa shape index (κ2) is 9.28. The van der Waals surface area contributed by atoms with Crippen LogP contribution in [0.15, 0.2) is 54.6 Å². The van der Waals surface area contributed by atoms with Crippen molar-refractivity contribution in [1.29, 1.82) is 0 Å². The van der Waals surface area contributed by atoms with Crippen molar-refractivity contribution in [2.75, 3.05) is 42.9 Å². The number of anilines is 2. The SMILES string of the molecule is O=C(NCCC(=O)N1CCN(c2ccccc2Cl)CC1)Nc1ccccc1. The number of hydrogen-bond donors (Lipinski definition) is 2. The first-order valence-electron chi connectivity index (χ1n) is 9.00. The van der Waals surface area contributed by atoms with Gasteiger partial charge in [-0.15, -0.1) is 0 Å². The smallest absolute Gasteiger partial charge is 0.319 e. The van der Waals surface area contributed by atoms with Gasteiger partial charge in [0.25, 0.3) is 0 Å². The number of amides is 3. The fourth-order valence-corrected chi connectivity index (χ4v) is 3.30. The zero-order valence-corrected chi connectivity index (χ0v) is 15.8. The predicted octanol–water partition coefficient (Wildman–Crippen LogP) is 3.20. The molecule has 0 atom stereocenters. The molecule has 1 aliphatic rings. The van der Waals surface area contributed by atoms with Gasteiger partial charge in [-0.1, -0.05) is 41.9 Å². The molecule has 2 aromatic carbocycles. The summed E-state index contributed by atoms with van der Waals surface area (Å²) in [5.41, 5.74) is 1.72. The van der Waals surface area contributed by atoms with Gasteiger partial charge in [-0.3, -0.25) is 4.79 Å². The van der Waals surface area contributed by atoms with Gasteiger partial charge in [0.2, 0.25) is 5.91 Å². The number of urea groups is 1. The minimum Gasteiger partial charge on any atom is -0.367 e. The molecule has 0 spiro atoms. The molecule has 3 amide bonds. The van der Waals surface area contributed by atoms with Crippen molar-refractivity contribution in [3.05, 3.63) is 59.6 Å². The van der Waals surface area contributed by atoms with E-state index in [2.05, 4.69) is 15.5 Å². The molecule has 0 unspecified atom stereocenters. The highest BCUT2D eigenvalue weighted by molar-refractivity contribution is 6.33. The molecule has 2 aromatic rings. The lowest BCUT2D eigenvalue weighted by Gasteiger charge is -2.36. The monoisotopic (exact) mass is 386 g/mol. The normalized spacial score (nSPS) is 14.0. The zero-order valence-electron chi connectivity index (χ0n) is 15.0. The van der Waals surface area contributed by atoms with E-state index in [1.807, 2.05) is 59.5 Å². The Morgan fingerprint density at radius 1 is 0.926 bits per heavy atom. The van der Waals surface area contributed by atoms with Crippen molar-refractivity contribution in [3.8, 4) is 0 Å². The van der Waals surface area contributed by atoms with Gasteiger partial charge in [0.1, 0.15) is 0 Å². The number of para-hydroxylation sites is 2. The standard InChI is InChI=1S/C20H23ClN4O2/c21-17-8-4-5-9-18(17)24-12-14-25(15-13-24)19(26)10-11-22-20(27)23-16-6-2-1-3-7-16/h1-9H,10-15H2,(H2,22,23,27). The Labute approximate surface area is 164 Å². The molecule has 2 N–H and O–H groups in total. The van der Waals surface area contributed by atoms with Gasteiger partial charge in [-0.25, -0.2) is 4.79 Å². The van der Waals surface area contributed by atoms with Crippen LogP contribution in [0.25, 0.3) is 0 Å². The Bertz CT molecular complexity index is 777. The first-order valence-corrected chi connectivity index (χ1v) is 9.38. The molecule has 3 rings (SSSR count). The maximum Gasteiger partial charge on any atom is 0.319 e. The summed E-state index contributed by atoms with van der Waals surface area (Å²) in [5, 5.41) is 6.18. The Kier molecular flexibility index (Phi) is 6.54. The third-order valence-electron chi connectivity index (χ3n) is 4.48. The summed E-state index contributed by atoms with van der Waals surface area (Å²) in [6, 6.07) is 16.6. The minimum absolute atomic E-state index is 0.0498. The quantitative estimate of drug-likeness (QED) is 0.829. The van der Waals surface area contributed by atoms with Gasteiger partial charge in [0, 0.05) is 44.8 Å². The van der Waals surface area contributed by atoms with Gasteiger partial charge < -0.3 is 20.4 Å². The second-order valence-electron chi connectivity index (χ2n) is 6.32. The van der Waals surface area contributed by atoms with Crippen molar-refractivity contribution in [3.63, 3.8) is 0 Å². The van der Waals surface area contributed by atoms with Crippen LogP contribution in [0.1, 0.15) is 6.42 Å². The lowest BCUT2D eigenvalue weighted by molar-refractivity contribution is -0.131. The third kappa shape index (κ3) is 5.37. The van der Waals surface area contributed by atoms with Crippen molar-refractivity contribution >= 4 is 34.9 Å². The van der Waals surface area contributed by atoms with Crippen LogP contribution in [0.3, 0.4) is 0 Å². The lowest BCUT2D eigenvalue weighted by Crippen LogP contribution is -2.49.